The molecule has 0 radical (unpaired) electrons. The van der Waals surface area contributed by atoms with Gasteiger partial charge in [-0.05, 0) is 123 Å². The second-order valence-corrected chi connectivity index (χ2v) is 16.5. The normalized spacial score (nSPS) is 27.3. The maximum absolute atomic E-state index is 7.26. The van der Waals surface area contributed by atoms with Crippen LogP contribution in [0.15, 0.2) is 111 Å². The number of hydrogen-bond donors (Lipinski definition) is 0. The van der Waals surface area contributed by atoms with Gasteiger partial charge in [0.05, 0.1) is 48.1 Å². The lowest BCUT2D eigenvalue weighted by Crippen LogP contribution is -2.55. The second kappa shape index (κ2) is 15.3. The van der Waals surface area contributed by atoms with E-state index in [1.165, 1.54) is 0 Å². The van der Waals surface area contributed by atoms with Gasteiger partial charge in [-0.2, -0.15) is 0 Å². The second-order valence-electron chi connectivity index (χ2n) is 16.5. The van der Waals surface area contributed by atoms with Gasteiger partial charge in [0, 0.05) is 47.4 Å². The first-order valence-corrected chi connectivity index (χ1v) is 20.7. The summed E-state index contributed by atoms with van der Waals surface area (Å²) in [6, 6.07) is 24.7. The summed E-state index contributed by atoms with van der Waals surface area (Å²) in [6.07, 6.45) is 11.7. The van der Waals surface area contributed by atoms with Gasteiger partial charge in [0.1, 0.15) is 23.7 Å². The summed E-state index contributed by atoms with van der Waals surface area (Å²) >= 11 is 0. The van der Waals surface area contributed by atoms with Crippen molar-refractivity contribution < 1.29 is 18.9 Å². The number of benzene rings is 3. The monoisotopic (exact) mass is 774 g/mol. The minimum absolute atomic E-state index is 0.125. The largest absolute Gasteiger partial charge is 0.497 e. The molecule has 0 amide bonds. The number of hydrogen-bond acceptors (Lipinski definition) is 10. The fourth-order valence-corrected chi connectivity index (χ4v) is 10.6. The van der Waals surface area contributed by atoms with Gasteiger partial charge >= 0.3 is 0 Å². The first-order chi connectivity index (χ1) is 28.5. The zero-order valence-electron chi connectivity index (χ0n) is 33.2. The van der Waals surface area contributed by atoms with E-state index in [1.807, 2.05) is 48.8 Å². The Morgan fingerprint density at radius 3 is 1.48 bits per heavy atom. The van der Waals surface area contributed by atoms with Gasteiger partial charge in [0.25, 0.3) is 0 Å². The Morgan fingerprint density at radius 2 is 1.09 bits per heavy atom. The highest BCUT2D eigenvalue weighted by molar-refractivity contribution is 5.91. The van der Waals surface area contributed by atoms with Gasteiger partial charge in [-0.1, -0.05) is 24.3 Å². The van der Waals surface area contributed by atoms with Crippen LogP contribution in [-0.2, 0) is 0 Å². The van der Waals surface area contributed by atoms with Crippen molar-refractivity contribution >= 4 is 32.6 Å². The highest BCUT2D eigenvalue weighted by Crippen LogP contribution is 2.47. The summed E-state index contributed by atoms with van der Waals surface area (Å²) in [5.41, 5.74) is 3.90. The Morgan fingerprint density at radius 1 is 0.621 bits per heavy atom. The van der Waals surface area contributed by atoms with Crippen molar-refractivity contribution in [3.8, 4) is 23.3 Å². The van der Waals surface area contributed by atoms with Gasteiger partial charge in [0.15, 0.2) is 0 Å². The van der Waals surface area contributed by atoms with E-state index in [0.29, 0.717) is 35.4 Å². The minimum Gasteiger partial charge on any atom is -0.497 e. The fourth-order valence-electron chi connectivity index (χ4n) is 10.6. The third-order valence-corrected chi connectivity index (χ3v) is 13.7. The van der Waals surface area contributed by atoms with Crippen molar-refractivity contribution in [2.24, 2.45) is 23.7 Å². The van der Waals surface area contributed by atoms with Crippen molar-refractivity contribution in [1.29, 1.82) is 0 Å². The molecular weight excluding hydrogens is 725 g/mol. The molecule has 2 unspecified atom stereocenters. The van der Waals surface area contributed by atoms with Gasteiger partial charge in [-0.3, -0.25) is 19.8 Å². The standard InChI is InChI=1S/C48H50N6O4/c1-5-29-27-53-21-17-31(29)23-43(53)45(35-15-19-49-41-13-11-33(55-3)25-39(35)41)57-47-37-9-7-8-10-38(37)48(52-51-47)58-46(44-24-32-18-22-54(44)28-30(32)6-2)36-16-20-50-42-14-12-34(56-4)26-40(36)42/h5-16,19-20,25-26,29-32,43-46H,1-2,17-18,21-24,27-28H2,3-4H3/t29-,30-,31-,32-,43-,44-,45+,46+/m0/s1. The molecule has 6 saturated heterocycles. The first-order valence-electron chi connectivity index (χ1n) is 20.7. The molecule has 10 heteroatoms. The molecule has 6 aliphatic rings. The van der Waals surface area contributed by atoms with E-state index in [4.69, 9.17) is 39.1 Å². The Kier molecular flexibility index (Phi) is 9.69. The first kappa shape index (κ1) is 36.7. The zero-order chi connectivity index (χ0) is 39.3. The molecule has 0 saturated carbocycles. The van der Waals surface area contributed by atoms with Crippen molar-refractivity contribution in [3.63, 3.8) is 0 Å². The van der Waals surface area contributed by atoms with Crippen molar-refractivity contribution in [2.75, 3.05) is 40.4 Å². The number of ether oxygens (including phenoxy) is 4. The average Bonchev–Trinajstić information content (AvgIpc) is 3.29. The molecule has 6 aromatic rings. The Labute approximate surface area is 339 Å². The number of methoxy groups -OCH3 is 2. The Balaban J connectivity index is 1.07. The number of rotatable bonds is 12. The highest BCUT2D eigenvalue weighted by Gasteiger charge is 2.46. The van der Waals surface area contributed by atoms with Gasteiger partial charge in [-0.15, -0.1) is 23.4 Å². The highest BCUT2D eigenvalue weighted by atomic mass is 16.5. The molecule has 0 aliphatic carbocycles. The van der Waals surface area contributed by atoms with Crippen LogP contribution in [0, 0.1) is 23.7 Å². The summed E-state index contributed by atoms with van der Waals surface area (Å²) in [6.45, 7) is 12.3. The van der Waals surface area contributed by atoms with Crippen LogP contribution in [0.25, 0.3) is 32.6 Å². The average molecular weight is 775 g/mol. The Hall–Kier alpha value is -5.58. The molecule has 3 aromatic carbocycles. The van der Waals surface area contributed by atoms with Gasteiger partial charge < -0.3 is 18.9 Å². The van der Waals surface area contributed by atoms with Crippen LogP contribution >= 0.6 is 0 Å². The molecule has 0 spiro atoms. The maximum atomic E-state index is 7.26. The van der Waals surface area contributed by atoms with Crippen LogP contribution in [0.4, 0.5) is 0 Å². The van der Waals surface area contributed by atoms with Crippen molar-refractivity contribution in [1.82, 2.24) is 30.0 Å². The van der Waals surface area contributed by atoms with E-state index in [2.05, 4.69) is 71.5 Å². The maximum Gasteiger partial charge on any atom is 0.242 e. The molecule has 12 rings (SSSR count). The lowest BCUT2D eigenvalue weighted by atomic mass is 9.73. The number of pyridine rings is 2. The van der Waals surface area contributed by atoms with Crippen LogP contribution < -0.4 is 18.9 Å². The number of fused-ring (bicyclic) bond motifs is 9. The molecule has 0 N–H and O–H groups in total. The molecule has 6 aliphatic heterocycles. The lowest BCUT2D eigenvalue weighted by Gasteiger charge is -2.51. The minimum atomic E-state index is -0.343. The third-order valence-electron chi connectivity index (χ3n) is 13.7. The zero-order valence-corrected chi connectivity index (χ0v) is 33.2. The molecule has 296 valence electrons. The molecular formula is C48H50N6O4. The van der Waals surface area contributed by atoms with Crippen molar-refractivity contribution in [3.05, 3.63) is 122 Å². The molecule has 4 bridgehead atoms. The molecule has 10 nitrogen and oxygen atoms in total. The van der Waals surface area contributed by atoms with Crippen LogP contribution in [0.5, 0.6) is 23.3 Å². The van der Waals surface area contributed by atoms with Gasteiger partial charge in [0.2, 0.25) is 11.8 Å². The fraction of sp³-hybridized carbons (Fsp3) is 0.375. The van der Waals surface area contributed by atoms with E-state index in [9.17, 15) is 0 Å². The molecule has 3 aromatic heterocycles. The quantitative estimate of drug-likeness (QED) is 0.112. The van der Waals surface area contributed by atoms with E-state index < -0.39 is 0 Å². The SMILES string of the molecule is C=C[C@H]1CN2CC[C@H]1C[C@H]2[C@H](Oc1nnc(O[C@H](c2ccnc3ccc(OC)cc23)[C@@H]2C[C@@H]3CCN2C[C@@H]3C=C)c2ccccc12)c1ccnc2ccc(OC)cc12. The summed E-state index contributed by atoms with van der Waals surface area (Å²) in [5, 5.41) is 13.5. The summed E-state index contributed by atoms with van der Waals surface area (Å²) in [5.74, 6) is 4.57. The van der Waals surface area contributed by atoms with E-state index in [0.717, 1.165) is 107 Å². The van der Waals surface area contributed by atoms with Crippen molar-refractivity contribution in [2.45, 2.75) is 50.0 Å². The number of nitrogens with zero attached hydrogens (tertiary/aromatic N) is 6. The predicted molar refractivity (Wildman–Crippen MR) is 226 cm³/mol. The molecule has 58 heavy (non-hydrogen) atoms. The van der Waals surface area contributed by atoms with E-state index in [-0.39, 0.29) is 24.3 Å². The molecule has 10 atom stereocenters. The van der Waals surface area contributed by atoms with Crippen LogP contribution in [-0.4, -0.2) is 82.4 Å². The summed E-state index contributed by atoms with van der Waals surface area (Å²) in [4.78, 5) is 14.6. The van der Waals surface area contributed by atoms with E-state index >= 15 is 0 Å². The number of piperidine rings is 6. The summed E-state index contributed by atoms with van der Waals surface area (Å²) < 4.78 is 25.9. The smallest absolute Gasteiger partial charge is 0.242 e. The third kappa shape index (κ3) is 6.43. The lowest BCUT2D eigenvalue weighted by molar-refractivity contribution is -0.0382. The van der Waals surface area contributed by atoms with Crippen LogP contribution in [0.1, 0.15) is 49.0 Å². The molecule has 6 fully saturated rings. The molecule has 9 heterocycles. The topological polar surface area (TPSA) is 95.0 Å². The Bertz CT molecular complexity index is 2340. The van der Waals surface area contributed by atoms with Crippen LogP contribution in [0.3, 0.4) is 0 Å². The van der Waals surface area contributed by atoms with E-state index in [1.54, 1.807) is 14.2 Å². The van der Waals surface area contributed by atoms with Crippen LogP contribution in [0.2, 0.25) is 0 Å². The predicted octanol–water partition coefficient (Wildman–Crippen LogP) is 8.78. The number of aromatic nitrogens is 4. The van der Waals surface area contributed by atoms with Gasteiger partial charge in [-0.25, -0.2) is 0 Å². The summed E-state index contributed by atoms with van der Waals surface area (Å²) in [7, 11) is 3.40.